The highest BCUT2D eigenvalue weighted by atomic mass is 16.5. The molecule has 15 rings (SSSR count). The largest absolute Gasteiger partial charge is 0.496 e. The molecule has 8 aromatic carbocycles. The van der Waals surface area contributed by atoms with Crippen molar-refractivity contribution in [2.75, 3.05) is 55.2 Å². The standard InChI is InChI=1S/C27H32N2O3.C26H32N4O2.C22H26N4O.C22H25N3.C22H24N2O.CH4/c1-4-9-25(30)15-22-13-12-21(16-27(22)31-3)26-18-28-17-24(29-26)14-23(19-32-5-2)20-10-7-6-8-11-20;1-5-7-19(22-8-6-11-27-15-22)12-23-16-28-17-25(29-23)20-9-10-21(26(14-20)32-4)13-24(31)18-30(2)3;1-3-5-16(19-6-4-9-24-13-19)10-20-14-25-15-21(26-20)17-7-8-18(12-23)22(11-17)27-2;1-2-6-20(18-7-4-3-5-8-18)13-21-15-24-16-22(25-21)19-11-9-17(14-23)10-12-19;1-2-6-20(18-7-4-3-5-8-18)13-21-14-23-15-22(24-21)19-11-9-17(16-25)10-12-19;/h6-8,10-13,16-18,23H,4-5,9,14-15,19H2,1-3H3;6,8-11,14-17,19H,5,7,12-13,18H2,1-4H3;4,6-9,11,13-16H,3,5,10,12,23H2,1-2H3;3-5,7-12,15-16,20H,2,6,13-14,23H2,1H3;3-5,7-12,14-15,20,25H,2,6,13,16H2,1H3;1H4/t23-;19-;;;;/m01..../s1. The Balaban J connectivity index is 0.000000183. The van der Waals surface area contributed by atoms with Gasteiger partial charge in [0.15, 0.2) is 5.78 Å². The Morgan fingerprint density at radius 1 is 0.338 bits per heavy atom. The van der Waals surface area contributed by atoms with Gasteiger partial charge in [-0.2, -0.15) is 0 Å². The van der Waals surface area contributed by atoms with Crippen LogP contribution in [0, 0.1) is 0 Å². The molecule has 0 aliphatic carbocycles. The van der Waals surface area contributed by atoms with Crippen LogP contribution in [0.5, 0.6) is 17.2 Å². The number of pyridine rings is 2. The van der Waals surface area contributed by atoms with Crippen molar-refractivity contribution in [2.45, 2.75) is 207 Å². The van der Waals surface area contributed by atoms with E-state index >= 15 is 0 Å². The lowest BCUT2D eigenvalue weighted by Gasteiger charge is -2.17. The topological polar surface area (TPSA) is 301 Å². The number of aliphatic hydroxyl groups excluding tert-OH is 1. The van der Waals surface area contributed by atoms with E-state index in [-0.39, 0.29) is 31.5 Å². The molecule has 3 unspecified atom stereocenters. The summed E-state index contributed by atoms with van der Waals surface area (Å²) in [6.07, 6.45) is 41.1. The first-order valence-corrected chi connectivity index (χ1v) is 49.4. The van der Waals surface area contributed by atoms with E-state index in [0.717, 1.165) is 208 Å². The fourth-order valence-electron chi connectivity index (χ4n) is 17.3. The number of carbonyl (C=O) groups excluding carboxylic acids is 2. The summed E-state index contributed by atoms with van der Waals surface area (Å²) >= 11 is 0. The summed E-state index contributed by atoms with van der Waals surface area (Å²) in [6, 6.07) is 73.8. The molecule has 0 bridgehead atoms. The van der Waals surface area contributed by atoms with Gasteiger partial charge in [0.1, 0.15) is 23.0 Å². The van der Waals surface area contributed by atoms with Crippen molar-refractivity contribution in [3.63, 3.8) is 0 Å². The van der Waals surface area contributed by atoms with Crippen molar-refractivity contribution in [3.8, 4) is 73.5 Å². The minimum atomic E-state index is 0. The number of likely N-dealkylation sites (N-methyl/N-ethyl adjacent to an activating group) is 1. The zero-order valence-electron chi connectivity index (χ0n) is 83.9. The van der Waals surface area contributed by atoms with Crippen LogP contribution in [-0.4, -0.2) is 137 Å². The number of aliphatic hydroxyl groups is 1. The Morgan fingerprint density at radius 3 is 0.972 bits per heavy atom. The molecule has 22 nitrogen and oxygen atoms in total. The van der Waals surface area contributed by atoms with Crippen molar-refractivity contribution < 1.29 is 33.6 Å². The fraction of sp³-hybridized carbons (Fsp3) is 0.333. The van der Waals surface area contributed by atoms with Gasteiger partial charge < -0.3 is 40.4 Å². The molecule has 15 aromatic rings. The van der Waals surface area contributed by atoms with Gasteiger partial charge in [0.25, 0.3) is 0 Å². The second-order valence-electron chi connectivity index (χ2n) is 35.6. The molecule has 0 radical (unpaired) electrons. The molecule has 0 saturated heterocycles. The Labute approximate surface area is 841 Å². The maximum atomic E-state index is 12.2. The van der Waals surface area contributed by atoms with Crippen LogP contribution in [-0.2, 0) is 79.0 Å². The zero-order chi connectivity index (χ0) is 99.7. The predicted octanol–water partition coefficient (Wildman–Crippen LogP) is 24.0. The second kappa shape index (κ2) is 60.2. The van der Waals surface area contributed by atoms with Gasteiger partial charge in [0.2, 0.25) is 0 Å². The molecule has 0 saturated carbocycles. The van der Waals surface area contributed by atoms with Crippen LogP contribution in [0.3, 0.4) is 0 Å². The summed E-state index contributed by atoms with van der Waals surface area (Å²) in [4.78, 5) is 81.2. The number of nitrogens with two attached hydrogens (primary N) is 2. The molecule has 22 heteroatoms. The van der Waals surface area contributed by atoms with Gasteiger partial charge in [0, 0.05) is 152 Å². The number of ketones is 2. The summed E-state index contributed by atoms with van der Waals surface area (Å²) < 4.78 is 22.3. The molecule has 0 aliphatic rings. The maximum absolute atomic E-state index is 12.2. The third kappa shape index (κ3) is 34.8. The smallest absolute Gasteiger partial charge is 0.151 e. The molecule has 7 aromatic heterocycles. The van der Waals surface area contributed by atoms with Gasteiger partial charge in [-0.25, -0.2) is 24.9 Å². The summed E-state index contributed by atoms with van der Waals surface area (Å²) in [5.74, 6) is 4.47. The van der Waals surface area contributed by atoms with Gasteiger partial charge in [-0.05, 0) is 172 Å². The van der Waals surface area contributed by atoms with Crippen LogP contribution in [0.4, 0.5) is 0 Å². The van der Waals surface area contributed by atoms with Gasteiger partial charge >= 0.3 is 0 Å². The summed E-state index contributed by atoms with van der Waals surface area (Å²) in [6.45, 7) is 15.7. The normalized spacial score (nSPS) is 11.9. The number of hydrogen-bond donors (Lipinski definition) is 3. The monoisotopic (exact) mass is 1910 g/mol. The zero-order valence-corrected chi connectivity index (χ0v) is 83.9. The molecule has 0 fully saturated rings. The molecular formula is C120H143N15O7. The van der Waals surface area contributed by atoms with Crippen molar-refractivity contribution in [1.82, 2.24) is 64.7 Å². The number of ether oxygens (including phenoxy) is 4. The van der Waals surface area contributed by atoms with Crippen molar-refractivity contribution in [1.29, 1.82) is 0 Å². The van der Waals surface area contributed by atoms with Crippen LogP contribution < -0.4 is 25.7 Å². The minimum Gasteiger partial charge on any atom is -0.496 e. The summed E-state index contributed by atoms with van der Waals surface area (Å²) in [5.41, 5.74) is 36.8. The molecule has 740 valence electrons. The average molecular weight is 1910 g/mol. The Hall–Kier alpha value is -14.0. The maximum Gasteiger partial charge on any atom is 0.151 e. The van der Waals surface area contributed by atoms with Crippen LogP contribution >= 0.6 is 0 Å². The quantitative estimate of drug-likeness (QED) is 0.0319. The number of rotatable bonds is 45. The third-order valence-corrected chi connectivity index (χ3v) is 24.6. The van der Waals surface area contributed by atoms with Gasteiger partial charge in [0.05, 0.1) is 129 Å². The molecule has 0 aliphatic heterocycles. The van der Waals surface area contributed by atoms with E-state index in [1.165, 1.54) is 27.8 Å². The lowest BCUT2D eigenvalue weighted by molar-refractivity contribution is -0.119. The summed E-state index contributed by atoms with van der Waals surface area (Å²) in [5, 5.41) is 9.17. The Kier molecular flexibility index (Phi) is 46.6. The van der Waals surface area contributed by atoms with E-state index in [1.807, 2.05) is 198 Å². The Morgan fingerprint density at radius 2 is 0.655 bits per heavy atom. The first kappa shape index (κ1) is 110. The van der Waals surface area contributed by atoms with Crippen LogP contribution in [0.15, 0.2) is 305 Å². The van der Waals surface area contributed by atoms with Crippen molar-refractivity contribution in [2.24, 2.45) is 11.5 Å². The fourth-order valence-corrected chi connectivity index (χ4v) is 17.3. The van der Waals surface area contributed by atoms with Crippen molar-refractivity contribution in [3.05, 3.63) is 389 Å². The van der Waals surface area contributed by atoms with E-state index in [9.17, 15) is 14.7 Å². The van der Waals surface area contributed by atoms with Crippen molar-refractivity contribution >= 4 is 11.6 Å². The lowest BCUT2D eigenvalue weighted by atomic mass is 9.90. The van der Waals surface area contributed by atoms with Gasteiger partial charge in [-0.1, -0.05) is 256 Å². The Bertz CT molecular complexity index is 6070. The van der Waals surface area contributed by atoms with Crippen LogP contribution in [0.25, 0.3) is 56.3 Å². The van der Waals surface area contributed by atoms with E-state index in [4.69, 9.17) is 55.3 Å². The molecule has 7 heterocycles. The highest BCUT2D eigenvalue weighted by molar-refractivity contribution is 5.84. The van der Waals surface area contributed by atoms with Gasteiger partial charge in [-0.3, -0.25) is 44.5 Å². The number of Topliss-reactive ketones (excluding diaryl/α,β-unsaturated/α-hetero) is 2. The minimum absolute atomic E-state index is 0. The molecule has 5 N–H and O–H groups in total. The SMILES string of the molecule is C.CCCC(=O)Cc1ccc(-c2cncc(C[C@@H](COCC)c3ccccc3)n2)cc1OC.CCCC(Cc1cncc(-c2ccc(CN)c(OC)c2)n1)c1cccnc1.CCCC(Cc1cncc(-c2ccc(CN)cc2)n1)c1ccccc1.CCCC(Cc1cncc(-c2ccc(CO)cc2)n1)c1ccccc1.CCC[C@H](Cc1cncc(-c2ccc(CC(=O)CN(C)C)c(OC)c2)n1)c1cccnc1. The molecule has 0 spiro atoms. The number of methoxy groups -OCH3 is 3. The van der Waals surface area contributed by atoms with E-state index in [2.05, 4.69) is 172 Å². The van der Waals surface area contributed by atoms with Gasteiger partial charge in [-0.15, -0.1) is 0 Å². The highest BCUT2D eigenvalue weighted by Gasteiger charge is 2.23. The first-order valence-electron chi connectivity index (χ1n) is 49.4. The molecule has 0 amide bonds. The number of nitrogens with zero attached hydrogens (tertiary/aromatic N) is 13. The average Bonchev–Trinajstić information content (AvgIpc) is 0.745. The molecular weight excluding hydrogens is 1760 g/mol. The van der Waals surface area contributed by atoms with E-state index in [0.29, 0.717) is 87.3 Å². The highest BCUT2D eigenvalue weighted by Crippen LogP contribution is 2.36. The lowest BCUT2D eigenvalue weighted by Crippen LogP contribution is -2.23. The van der Waals surface area contributed by atoms with Crippen LogP contribution in [0.2, 0.25) is 0 Å². The molecule has 142 heavy (non-hydrogen) atoms. The first-order chi connectivity index (χ1) is 69.0. The van der Waals surface area contributed by atoms with E-state index < -0.39 is 0 Å². The number of benzene rings is 8. The number of carbonyl (C=O) groups is 2. The third-order valence-electron chi connectivity index (χ3n) is 24.6. The number of hydrogen-bond acceptors (Lipinski definition) is 22. The molecule has 5 atom stereocenters. The predicted molar refractivity (Wildman–Crippen MR) is 572 cm³/mol. The van der Waals surface area contributed by atoms with E-state index in [1.54, 1.807) is 52.3 Å². The number of aromatic nitrogens is 12. The second-order valence-corrected chi connectivity index (χ2v) is 35.6. The summed E-state index contributed by atoms with van der Waals surface area (Å²) in [7, 11) is 8.70. The van der Waals surface area contributed by atoms with Crippen LogP contribution in [0.1, 0.15) is 227 Å².